The quantitative estimate of drug-likeness (QED) is 0.457. The Morgan fingerprint density at radius 3 is 2.39 bits per heavy atom. The standard InChI is InChI=1S/C20H17ClFN3O2S/c1-12-19(13(2)26)25(17-9-3-14(21)4-10-17)20(23-12)28-11-18(27)24-16-7-5-15(22)6-8-16/h3-10H,11H2,1-2H3,(H,24,27). The fourth-order valence-corrected chi connectivity index (χ4v) is 3.69. The molecule has 1 N–H and O–H groups in total. The maximum atomic E-state index is 13.0. The number of halogens is 2. The van der Waals surface area contributed by atoms with Gasteiger partial charge < -0.3 is 5.32 Å². The third-order valence-corrected chi connectivity index (χ3v) is 5.09. The first-order chi connectivity index (χ1) is 13.3. The summed E-state index contributed by atoms with van der Waals surface area (Å²) >= 11 is 7.17. The third kappa shape index (κ3) is 4.61. The lowest BCUT2D eigenvalue weighted by molar-refractivity contribution is -0.113. The Balaban J connectivity index is 1.82. The van der Waals surface area contributed by atoms with Crippen molar-refractivity contribution in [2.45, 2.75) is 19.0 Å². The number of hydrogen-bond donors (Lipinski definition) is 1. The number of aryl methyl sites for hydroxylation is 1. The van der Waals surface area contributed by atoms with E-state index in [0.29, 0.717) is 27.3 Å². The van der Waals surface area contributed by atoms with E-state index in [1.807, 2.05) is 0 Å². The summed E-state index contributed by atoms with van der Waals surface area (Å²) in [5.41, 5.74) is 2.29. The Hall–Kier alpha value is -2.64. The van der Waals surface area contributed by atoms with Gasteiger partial charge in [0.2, 0.25) is 5.91 Å². The number of carbonyl (C=O) groups is 2. The maximum Gasteiger partial charge on any atom is 0.234 e. The van der Waals surface area contributed by atoms with E-state index in [0.717, 1.165) is 5.69 Å². The van der Waals surface area contributed by atoms with Gasteiger partial charge in [0.1, 0.15) is 11.5 Å². The lowest BCUT2D eigenvalue weighted by Crippen LogP contribution is -2.15. The van der Waals surface area contributed by atoms with E-state index in [2.05, 4.69) is 10.3 Å². The van der Waals surface area contributed by atoms with E-state index in [4.69, 9.17) is 11.6 Å². The third-order valence-electron chi connectivity index (χ3n) is 3.90. The number of benzene rings is 2. The number of anilines is 1. The van der Waals surface area contributed by atoms with Gasteiger partial charge in [0.05, 0.1) is 11.4 Å². The molecule has 8 heteroatoms. The molecule has 0 aliphatic rings. The summed E-state index contributed by atoms with van der Waals surface area (Å²) < 4.78 is 14.7. The van der Waals surface area contributed by atoms with Crippen LogP contribution in [-0.4, -0.2) is 27.0 Å². The van der Waals surface area contributed by atoms with Gasteiger partial charge in [0, 0.05) is 23.3 Å². The zero-order chi connectivity index (χ0) is 20.3. The summed E-state index contributed by atoms with van der Waals surface area (Å²) in [6, 6.07) is 12.6. The van der Waals surface area contributed by atoms with Crippen LogP contribution < -0.4 is 5.32 Å². The predicted molar refractivity (Wildman–Crippen MR) is 109 cm³/mol. The highest BCUT2D eigenvalue weighted by Gasteiger charge is 2.20. The van der Waals surface area contributed by atoms with Crippen molar-refractivity contribution in [1.82, 2.24) is 9.55 Å². The first-order valence-corrected chi connectivity index (χ1v) is 9.76. The molecule has 3 aromatic rings. The summed E-state index contributed by atoms with van der Waals surface area (Å²) in [4.78, 5) is 28.8. The van der Waals surface area contributed by atoms with Crippen LogP contribution in [0.1, 0.15) is 23.1 Å². The molecule has 0 bridgehead atoms. The van der Waals surface area contributed by atoms with Crippen LogP contribution in [0.3, 0.4) is 0 Å². The van der Waals surface area contributed by atoms with Crippen molar-refractivity contribution in [3.8, 4) is 5.69 Å². The molecule has 0 saturated heterocycles. The number of thioether (sulfide) groups is 1. The minimum Gasteiger partial charge on any atom is -0.325 e. The lowest BCUT2D eigenvalue weighted by Gasteiger charge is -2.11. The summed E-state index contributed by atoms with van der Waals surface area (Å²) in [7, 11) is 0. The van der Waals surface area contributed by atoms with Crippen molar-refractivity contribution >= 4 is 40.7 Å². The summed E-state index contributed by atoms with van der Waals surface area (Å²) in [6.45, 7) is 3.23. The number of rotatable bonds is 6. The molecule has 0 aliphatic heterocycles. The van der Waals surface area contributed by atoms with Gasteiger partial charge in [0.15, 0.2) is 10.9 Å². The minimum atomic E-state index is -0.371. The lowest BCUT2D eigenvalue weighted by atomic mass is 10.2. The fraction of sp³-hybridized carbons (Fsp3) is 0.150. The average molecular weight is 418 g/mol. The number of amides is 1. The van der Waals surface area contributed by atoms with Gasteiger partial charge in [-0.1, -0.05) is 23.4 Å². The van der Waals surface area contributed by atoms with Crippen molar-refractivity contribution in [1.29, 1.82) is 0 Å². The number of imidazole rings is 1. The SMILES string of the molecule is CC(=O)c1c(C)nc(SCC(=O)Nc2ccc(F)cc2)n1-c1ccc(Cl)cc1. The number of ketones is 1. The molecule has 0 atom stereocenters. The molecule has 1 aromatic heterocycles. The Labute approximate surface area is 170 Å². The van der Waals surface area contributed by atoms with Gasteiger partial charge in [0.25, 0.3) is 0 Å². The molecular weight excluding hydrogens is 401 g/mol. The van der Waals surface area contributed by atoms with E-state index < -0.39 is 0 Å². The Bertz CT molecular complexity index is 1020. The first kappa shape index (κ1) is 20.1. The second kappa shape index (κ2) is 8.58. The van der Waals surface area contributed by atoms with E-state index in [-0.39, 0.29) is 23.3 Å². The van der Waals surface area contributed by atoms with Crippen molar-refractivity contribution in [2.75, 3.05) is 11.1 Å². The summed E-state index contributed by atoms with van der Waals surface area (Å²) in [6.07, 6.45) is 0. The largest absolute Gasteiger partial charge is 0.325 e. The van der Waals surface area contributed by atoms with Gasteiger partial charge >= 0.3 is 0 Å². The molecule has 2 aromatic carbocycles. The molecule has 1 heterocycles. The van der Waals surface area contributed by atoms with Crippen LogP contribution in [-0.2, 0) is 4.79 Å². The molecular formula is C20H17ClFN3O2S. The van der Waals surface area contributed by atoms with Gasteiger partial charge in [-0.3, -0.25) is 14.2 Å². The Kier molecular flexibility index (Phi) is 6.16. The number of nitrogens with one attached hydrogen (secondary N) is 1. The molecule has 0 saturated carbocycles. The second-order valence-electron chi connectivity index (χ2n) is 6.04. The molecule has 0 spiro atoms. The highest BCUT2D eigenvalue weighted by molar-refractivity contribution is 7.99. The minimum absolute atomic E-state index is 0.0821. The average Bonchev–Trinajstić information content (AvgIpc) is 2.99. The Morgan fingerprint density at radius 1 is 1.14 bits per heavy atom. The van der Waals surface area contributed by atoms with Gasteiger partial charge in [-0.15, -0.1) is 0 Å². The summed E-state index contributed by atoms with van der Waals surface area (Å²) in [5, 5.41) is 3.81. The second-order valence-corrected chi connectivity index (χ2v) is 7.42. The Morgan fingerprint density at radius 2 is 1.79 bits per heavy atom. The molecule has 0 radical (unpaired) electrons. The van der Waals surface area contributed by atoms with E-state index in [1.54, 1.807) is 35.8 Å². The molecule has 5 nitrogen and oxygen atoms in total. The van der Waals surface area contributed by atoms with Gasteiger partial charge in [-0.25, -0.2) is 9.37 Å². The smallest absolute Gasteiger partial charge is 0.234 e. The monoisotopic (exact) mass is 417 g/mol. The van der Waals surface area contributed by atoms with Crippen molar-refractivity contribution < 1.29 is 14.0 Å². The highest BCUT2D eigenvalue weighted by atomic mass is 35.5. The molecule has 0 unspecified atom stereocenters. The zero-order valence-corrected chi connectivity index (χ0v) is 16.8. The van der Waals surface area contributed by atoms with Gasteiger partial charge in [-0.05, 0) is 55.5 Å². The molecule has 28 heavy (non-hydrogen) atoms. The maximum absolute atomic E-state index is 13.0. The van der Waals surface area contributed by atoms with E-state index in [9.17, 15) is 14.0 Å². The van der Waals surface area contributed by atoms with Crippen LogP contribution in [0.15, 0.2) is 53.7 Å². The molecule has 0 fully saturated rings. The fourth-order valence-electron chi connectivity index (χ4n) is 2.70. The van der Waals surface area contributed by atoms with Crippen LogP contribution in [0.5, 0.6) is 0 Å². The number of aromatic nitrogens is 2. The number of hydrogen-bond acceptors (Lipinski definition) is 4. The van der Waals surface area contributed by atoms with E-state index in [1.165, 1.54) is 43.0 Å². The van der Waals surface area contributed by atoms with Crippen LogP contribution in [0, 0.1) is 12.7 Å². The number of Topliss-reactive ketones (excluding diaryl/α,β-unsaturated/α-hetero) is 1. The molecule has 3 rings (SSSR count). The van der Waals surface area contributed by atoms with Crippen molar-refractivity contribution in [3.63, 3.8) is 0 Å². The summed E-state index contributed by atoms with van der Waals surface area (Å²) in [5.74, 6) is -0.671. The molecule has 144 valence electrons. The zero-order valence-electron chi connectivity index (χ0n) is 15.2. The first-order valence-electron chi connectivity index (χ1n) is 8.39. The highest BCUT2D eigenvalue weighted by Crippen LogP contribution is 2.27. The van der Waals surface area contributed by atoms with Crippen LogP contribution in [0.25, 0.3) is 5.69 Å². The normalized spacial score (nSPS) is 10.7. The van der Waals surface area contributed by atoms with Crippen LogP contribution in [0.2, 0.25) is 5.02 Å². The van der Waals surface area contributed by atoms with Crippen molar-refractivity contribution in [3.05, 3.63) is 70.8 Å². The number of nitrogens with zero attached hydrogens (tertiary/aromatic N) is 2. The van der Waals surface area contributed by atoms with E-state index >= 15 is 0 Å². The van der Waals surface area contributed by atoms with Crippen LogP contribution >= 0.6 is 23.4 Å². The van der Waals surface area contributed by atoms with Crippen LogP contribution in [0.4, 0.5) is 10.1 Å². The predicted octanol–water partition coefficient (Wildman–Crippen LogP) is 4.91. The topological polar surface area (TPSA) is 64.0 Å². The molecule has 1 amide bonds. The van der Waals surface area contributed by atoms with Crippen molar-refractivity contribution in [2.24, 2.45) is 0 Å². The number of carbonyl (C=O) groups excluding carboxylic acids is 2. The molecule has 0 aliphatic carbocycles. The van der Waals surface area contributed by atoms with Gasteiger partial charge in [-0.2, -0.15) is 0 Å².